The summed E-state index contributed by atoms with van der Waals surface area (Å²) in [6.07, 6.45) is 6.01. The first kappa shape index (κ1) is 26.8. The fourth-order valence-corrected chi connectivity index (χ4v) is 3.41. The van der Waals surface area contributed by atoms with Crippen LogP contribution in [0.4, 0.5) is 5.82 Å². The van der Waals surface area contributed by atoms with Gasteiger partial charge in [-0.25, -0.2) is 4.79 Å². The molecule has 0 bridgehead atoms. The standard InChI is InChI=1S/C23H36N8O3/c1-34-19-9-7-17(8-10-19)21(32)29-20-11-16-31(23(33)30-20)15-3-6-18(27-14-4-12-24)5-2-13-28-22(25)26/h7-11,16,18,27H,2-6,12-15,24H2,1H3,(H4,25,26,28)(H,29,30,32,33). The molecule has 0 spiro atoms. The number of carbonyl (C=O) groups excluding carboxylic acids is 1. The molecule has 8 N–H and O–H groups in total. The highest BCUT2D eigenvalue weighted by atomic mass is 16.5. The molecule has 1 amide bonds. The number of amides is 1. The lowest BCUT2D eigenvalue weighted by atomic mass is 10.1. The van der Waals surface area contributed by atoms with Crippen molar-refractivity contribution in [2.75, 3.05) is 32.1 Å². The second-order valence-corrected chi connectivity index (χ2v) is 7.86. The normalized spacial score (nSPS) is 11.6. The van der Waals surface area contributed by atoms with Crippen molar-refractivity contribution in [2.24, 2.45) is 22.2 Å². The Labute approximate surface area is 199 Å². The van der Waals surface area contributed by atoms with Crippen LogP contribution in [0.2, 0.25) is 0 Å². The number of benzene rings is 1. The molecule has 0 aliphatic rings. The molecule has 0 saturated heterocycles. The number of nitrogens with two attached hydrogens (primary N) is 3. The summed E-state index contributed by atoms with van der Waals surface area (Å²) in [5.41, 5.74) is 16.4. The van der Waals surface area contributed by atoms with Crippen molar-refractivity contribution in [3.05, 3.63) is 52.6 Å². The van der Waals surface area contributed by atoms with E-state index >= 15 is 0 Å². The molecular formula is C23H36N8O3. The lowest BCUT2D eigenvalue weighted by molar-refractivity contribution is 0.102. The zero-order chi connectivity index (χ0) is 24.8. The van der Waals surface area contributed by atoms with Crippen molar-refractivity contribution >= 4 is 17.7 Å². The number of aromatic nitrogens is 2. The quantitative estimate of drug-likeness (QED) is 0.142. The molecular weight excluding hydrogens is 436 g/mol. The number of carbonyl (C=O) groups is 1. The summed E-state index contributed by atoms with van der Waals surface area (Å²) in [5, 5.41) is 6.16. The number of aliphatic imine (C=N–C) groups is 1. The van der Waals surface area contributed by atoms with Crippen LogP contribution in [0.5, 0.6) is 5.75 Å². The Morgan fingerprint density at radius 1 is 1.15 bits per heavy atom. The second-order valence-electron chi connectivity index (χ2n) is 7.86. The lowest BCUT2D eigenvalue weighted by Crippen LogP contribution is -2.32. The van der Waals surface area contributed by atoms with Gasteiger partial charge in [0.1, 0.15) is 11.6 Å². The third kappa shape index (κ3) is 9.59. The molecule has 34 heavy (non-hydrogen) atoms. The van der Waals surface area contributed by atoms with Crippen LogP contribution in [0.25, 0.3) is 0 Å². The van der Waals surface area contributed by atoms with Gasteiger partial charge in [0.05, 0.1) is 7.11 Å². The van der Waals surface area contributed by atoms with Gasteiger partial charge in [-0.3, -0.25) is 14.4 Å². The zero-order valence-corrected chi connectivity index (χ0v) is 19.7. The van der Waals surface area contributed by atoms with Gasteiger partial charge in [-0.05, 0) is 75.5 Å². The number of hydrogen-bond donors (Lipinski definition) is 5. The van der Waals surface area contributed by atoms with Crippen LogP contribution >= 0.6 is 0 Å². The van der Waals surface area contributed by atoms with Crippen LogP contribution in [0.15, 0.2) is 46.3 Å². The Hall–Kier alpha value is -3.44. The molecule has 2 rings (SSSR count). The number of hydrogen-bond acceptors (Lipinski definition) is 7. The van der Waals surface area contributed by atoms with E-state index in [2.05, 4.69) is 20.6 Å². The summed E-state index contributed by atoms with van der Waals surface area (Å²) in [7, 11) is 1.56. The maximum atomic E-state index is 12.4. The SMILES string of the molecule is COc1ccc(C(=O)Nc2ccn(CCCC(CCCN=C(N)N)NCCCN)c(=O)n2)cc1. The number of rotatable bonds is 15. The van der Waals surface area contributed by atoms with Crippen molar-refractivity contribution in [2.45, 2.75) is 44.7 Å². The number of methoxy groups -OCH3 is 1. The molecule has 1 heterocycles. The van der Waals surface area contributed by atoms with E-state index in [0.717, 1.165) is 38.6 Å². The molecule has 0 aliphatic carbocycles. The van der Waals surface area contributed by atoms with Gasteiger partial charge in [0.25, 0.3) is 5.91 Å². The minimum absolute atomic E-state index is 0.100. The minimum atomic E-state index is -0.409. The Kier molecular flexibility index (Phi) is 11.6. The van der Waals surface area contributed by atoms with Gasteiger partial charge < -0.3 is 32.6 Å². The highest BCUT2D eigenvalue weighted by Gasteiger charge is 2.10. The number of nitrogens with zero attached hydrogens (tertiary/aromatic N) is 3. The van der Waals surface area contributed by atoms with E-state index in [0.29, 0.717) is 30.9 Å². The summed E-state index contributed by atoms with van der Waals surface area (Å²) in [4.78, 5) is 32.8. The molecule has 186 valence electrons. The van der Waals surface area contributed by atoms with Gasteiger partial charge in [0.2, 0.25) is 0 Å². The maximum absolute atomic E-state index is 12.4. The van der Waals surface area contributed by atoms with Gasteiger partial charge in [0, 0.05) is 30.9 Å². The smallest absolute Gasteiger partial charge is 0.349 e. The van der Waals surface area contributed by atoms with E-state index in [-0.39, 0.29) is 23.7 Å². The predicted molar refractivity (Wildman–Crippen MR) is 134 cm³/mol. The molecule has 1 aromatic heterocycles. The summed E-state index contributed by atoms with van der Waals surface area (Å²) in [6.45, 7) is 2.59. The highest BCUT2D eigenvalue weighted by Crippen LogP contribution is 2.13. The zero-order valence-electron chi connectivity index (χ0n) is 19.7. The van der Waals surface area contributed by atoms with Gasteiger partial charge >= 0.3 is 5.69 Å². The van der Waals surface area contributed by atoms with E-state index in [1.807, 2.05) is 0 Å². The second kappa shape index (κ2) is 14.7. The summed E-state index contributed by atoms with van der Waals surface area (Å²) >= 11 is 0. The monoisotopic (exact) mass is 472 g/mol. The Bertz CT molecular complexity index is 971. The molecule has 1 atom stereocenters. The number of aryl methyl sites for hydroxylation is 1. The number of nitrogens with one attached hydrogen (secondary N) is 2. The highest BCUT2D eigenvalue weighted by molar-refractivity contribution is 6.03. The van der Waals surface area contributed by atoms with Crippen molar-refractivity contribution in [3.63, 3.8) is 0 Å². The first-order valence-corrected chi connectivity index (χ1v) is 11.4. The van der Waals surface area contributed by atoms with Crippen LogP contribution in [0, 0.1) is 0 Å². The molecule has 0 saturated carbocycles. The molecule has 1 aromatic carbocycles. The first-order chi connectivity index (χ1) is 16.4. The fourth-order valence-electron chi connectivity index (χ4n) is 3.41. The predicted octanol–water partition coefficient (Wildman–Crippen LogP) is 0.645. The number of ether oxygens (including phenoxy) is 1. The average Bonchev–Trinajstić information content (AvgIpc) is 2.82. The largest absolute Gasteiger partial charge is 0.497 e. The van der Waals surface area contributed by atoms with Crippen molar-refractivity contribution < 1.29 is 9.53 Å². The van der Waals surface area contributed by atoms with Crippen molar-refractivity contribution in [1.29, 1.82) is 0 Å². The molecule has 1 unspecified atom stereocenters. The first-order valence-electron chi connectivity index (χ1n) is 11.4. The van der Waals surface area contributed by atoms with Crippen LogP contribution < -0.4 is 38.3 Å². The number of anilines is 1. The summed E-state index contributed by atoms with van der Waals surface area (Å²) in [5.74, 6) is 0.619. The topological polar surface area (TPSA) is 176 Å². The van der Waals surface area contributed by atoms with E-state index in [1.54, 1.807) is 48.2 Å². The number of guanidine groups is 1. The van der Waals surface area contributed by atoms with Crippen LogP contribution in [0.1, 0.15) is 42.5 Å². The molecule has 0 aliphatic heterocycles. The maximum Gasteiger partial charge on any atom is 0.349 e. The summed E-state index contributed by atoms with van der Waals surface area (Å²) < 4.78 is 6.63. The Morgan fingerprint density at radius 2 is 1.88 bits per heavy atom. The van der Waals surface area contributed by atoms with Crippen LogP contribution in [-0.2, 0) is 6.54 Å². The van der Waals surface area contributed by atoms with E-state index in [9.17, 15) is 9.59 Å². The van der Waals surface area contributed by atoms with E-state index in [1.165, 1.54) is 0 Å². The molecule has 2 aromatic rings. The lowest BCUT2D eigenvalue weighted by Gasteiger charge is -2.18. The molecule has 11 heteroatoms. The minimum Gasteiger partial charge on any atom is -0.497 e. The molecule has 11 nitrogen and oxygen atoms in total. The van der Waals surface area contributed by atoms with Gasteiger partial charge in [-0.15, -0.1) is 0 Å². The molecule has 0 radical (unpaired) electrons. The Balaban J connectivity index is 1.87. The van der Waals surface area contributed by atoms with Crippen molar-refractivity contribution in [3.8, 4) is 5.75 Å². The summed E-state index contributed by atoms with van der Waals surface area (Å²) in [6, 6.07) is 8.58. The van der Waals surface area contributed by atoms with Gasteiger partial charge in [0.15, 0.2) is 5.96 Å². The fraction of sp³-hybridized carbons (Fsp3) is 0.478. The van der Waals surface area contributed by atoms with E-state index < -0.39 is 5.69 Å². The molecule has 0 fully saturated rings. The third-order valence-corrected chi connectivity index (χ3v) is 5.24. The van der Waals surface area contributed by atoms with Gasteiger partial charge in [-0.2, -0.15) is 4.98 Å². The van der Waals surface area contributed by atoms with E-state index in [4.69, 9.17) is 21.9 Å². The van der Waals surface area contributed by atoms with Crippen LogP contribution in [-0.4, -0.2) is 54.2 Å². The van der Waals surface area contributed by atoms with Gasteiger partial charge in [-0.1, -0.05) is 0 Å². The van der Waals surface area contributed by atoms with Crippen molar-refractivity contribution in [1.82, 2.24) is 14.9 Å². The Morgan fingerprint density at radius 3 is 2.53 bits per heavy atom. The third-order valence-electron chi connectivity index (χ3n) is 5.24. The average molecular weight is 473 g/mol. The van der Waals surface area contributed by atoms with Crippen LogP contribution in [0.3, 0.4) is 0 Å².